The quantitative estimate of drug-likeness (QED) is 0.880. The summed E-state index contributed by atoms with van der Waals surface area (Å²) in [5, 5.41) is 25.0. The number of nitriles is 1. The second-order valence-electron chi connectivity index (χ2n) is 3.30. The Labute approximate surface area is 102 Å². The van der Waals surface area contributed by atoms with Gasteiger partial charge in [0.05, 0.1) is 11.8 Å². The summed E-state index contributed by atoms with van der Waals surface area (Å²) in [6.45, 7) is 0. The number of hydrogen-bond donors (Lipinski definition) is 1. The molecular weight excluding hydrogens is 234 g/mol. The van der Waals surface area contributed by atoms with Gasteiger partial charge in [0.25, 0.3) is 5.88 Å². The Balaban J connectivity index is 2.32. The van der Waals surface area contributed by atoms with Crippen LogP contribution in [0.5, 0.6) is 11.6 Å². The number of carboxylic acids is 1. The number of benzene rings is 1. The zero-order valence-electron chi connectivity index (χ0n) is 9.07. The molecule has 0 aliphatic rings. The third-order valence-electron chi connectivity index (χ3n) is 2.10. The second kappa shape index (κ2) is 4.93. The van der Waals surface area contributed by atoms with Gasteiger partial charge in [0.2, 0.25) is 0 Å². The van der Waals surface area contributed by atoms with Crippen molar-refractivity contribution in [2.75, 3.05) is 0 Å². The number of rotatable bonds is 3. The average Bonchev–Trinajstić information content (AvgIpc) is 2.39. The van der Waals surface area contributed by atoms with Crippen molar-refractivity contribution < 1.29 is 14.6 Å². The summed E-state index contributed by atoms with van der Waals surface area (Å²) >= 11 is 0. The topological polar surface area (TPSA) is 96.1 Å². The van der Waals surface area contributed by atoms with Crippen LogP contribution in [0.15, 0.2) is 36.5 Å². The van der Waals surface area contributed by atoms with Crippen LogP contribution in [0.25, 0.3) is 0 Å². The molecule has 1 aromatic heterocycles. The minimum Gasteiger partial charge on any atom is -0.478 e. The number of carboxylic acid groups (broad SMARTS) is 1. The van der Waals surface area contributed by atoms with E-state index in [9.17, 15) is 4.79 Å². The van der Waals surface area contributed by atoms with Crippen LogP contribution >= 0.6 is 0 Å². The predicted octanol–water partition coefficient (Wildman–Crippen LogP) is 1.84. The van der Waals surface area contributed by atoms with Crippen molar-refractivity contribution in [3.05, 3.63) is 47.7 Å². The average molecular weight is 241 g/mol. The van der Waals surface area contributed by atoms with Gasteiger partial charge < -0.3 is 9.84 Å². The van der Waals surface area contributed by atoms with E-state index in [1.165, 1.54) is 24.4 Å². The largest absolute Gasteiger partial charge is 0.478 e. The van der Waals surface area contributed by atoms with E-state index < -0.39 is 5.97 Å². The van der Waals surface area contributed by atoms with Crippen molar-refractivity contribution in [1.82, 2.24) is 10.2 Å². The summed E-state index contributed by atoms with van der Waals surface area (Å²) in [7, 11) is 0. The van der Waals surface area contributed by atoms with E-state index in [-0.39, 0.29) is 22.8 Å². The lowest BCUT2D eigenvalue weighted by atomic mass is 10.2. The maximum Gasteiger partial charge on any atom is 0.335 e. The number of aromatic carboxylic acids is 1. The van der Waals surface area contributed by atoms with Crippen molar-refractivity contribution in [2.24, 2.45) is 0 Å². The molecule has 6 nitrogen and oxygen atoms in total. The van der Waals surface area contributed by atoms with E-state index in [4.69, 9.17) is 15.1 Å². The Morgan fingerprint density at radius 3 is 2.94 bits per heavy atom. The minimum atomic E-state index is -1.06. The molecule has 0 unspecified atom stereocenters. The van der Waals surface area contributed by atoms with Gasteiger partial charge in [-0.2, -0.15) is 10.4 Å². The molecule has 0 radical (unpaired) electrons. The van der Waals surface area contributed by atoms with Crippen molar-refractivity contribution in [2.45, 2.75) is 0 Å². The van der Waals surface area contributed by atoms with Gasteiger partial charge >= 0.3 is 5.97 Å². The van der Waals surface area contributed by atoms with Gasteiger partial charge in [-0.05, 0) is 24.3 Å². The van der Waals surface area contributed by atoms with Crippen LogP contribution in [0.2, 0.25) is 0 Å². The zero-order chi connectivity index (χ0) is 13.0. The molecule has 0 amide bonds. The highest BCUT2D eigenvalue weighted by molar-refractivity contribution is 5.88. The Bertz CT molecular complexity index is 634. The molecule has 0 atom stereocenters. The smallest absolute Gasteiger partial charge is 0.335 e. The molecule has 1 N–H and O–H groups in total. The lowest BCUT2D eigenvalue weighted by molar-refractivity contribution is 0.0696. The molecule has 0 saturated heterocycles. The third-order valence-corrected chi connectivity index (χ3v) is 2.10. The fourth-order valence-corrected chi connectivity index (χ4v) is 1.28. The first kappa shape index (κ1) is 11.5. The highest BCUT2D eigenvalue weighted by atomic mass is 16.5. The van der Waals surface area contributed by atoms with Crippen LogP contribution in [0.3, 0.4) is 0 Å². The van der Waals surface area contributed by atoms with Gasteiger partial charge in [0.15, 0.2) is 0 Å². The van der Waals surface area contributed by atoms with E-state index in [0.717, 1.165) is 0 Å². The van der Waals surface area contributed by atoms with Gasteiger partial charge in [-0.15, -0.1) is 5.10 Å². The summed E-state index contributed by atoms with van der Waals surface area (Å²) in [6.07, 6.45) is 1.37. The van der Waals surface area contributed by atoms with Gasteiger partial charge in [-0.25, -0.2) is 4.79 Å². The Hall–Kier alpha value is -2.94. The van der Waals surface area contributed by atoms with Crippen LogP contribution < -0.4 is 4.74 Å². The number of aromatic nitrogens is 2. The molecule has 0 aliphatic heterocycles. The monoisotopic (exact) mass is 241 g/mol. The van der Waals surface area contributed by atoms with E-state index in [1.807, 2.05) is 6.07 Å². The SMILES string of the molecule is N#Cc1ccnnc1Oc1cccc(C(=O)O)c1. The van der Waals surface area contributed by atoms with Crippen LogP contribution in [-0.4, -0.2) is 21.3 Å². The van der Waals surface area contributed by atoms with Gasteiger partial charge in [0.1, 0.15) is 17.4 Å². The highest BCUT2D eigenvalue weighted by Crippen LogP contribution is 2.22. The van der Waals surface area contributed by atoms with Crippen molar-refractivity contribution in [3.8, 4) is 17.7 Å². The van der Waals surface area contributed by atoms with E-state index in [0.29, 0.717) is 0 Å². The van der Waals surface area contributed by atoms with Crippen molar-refractivity contribution in [1.29, 1.82) is 5.26 Å². The molecule has 0 saturated carbocycles. The van der Waals surface area contributed by atoms with Crippen LogP contribution in [0.4, 0.5) is 0 Å². The number of nitrogens with zero attached hydrogens (tertiary/aromatic N) is 3. The Kier molecular flexibility index (Phi) is 3.16. The molecule has 6 heteroatoms. The standard InChI is InChI=1S/C12H7N3O3/c13-7-9-4-5-14-15-11(9)18-10-3-1-2-8(6-10)12(16)17/h1-6H,(H,16,17). The van der Waals surface area contributed by atoms with Gasteiger partial charge in [-0.1, -0.05) is 6.07 Å². The molecular formula is C12H7N3O3. The molecule has 1 aromatic carbocycles. The zero-order valence-corrected chi connectivity index (χ0v) is 9.07. The van der Waals surface area contributed by atoms with Crippen LogP contribution in [0, 0.1) is 11.3 Å². The second-order valence-corrected chi connectivity index (χ2v) is 3.30. The molecule has 2 aromatic rings. The van der Waals surface area contributed by atoms with Gasteiger partial charge in [-0.3, -0.25) is 0 Å². The fourth-order valence-electron chi connectivity index (χ4n) is 1.28. The molecule has 2 rings (SSSR count). The van der Waals surface area contributed by atoms with E-state index in [1.54, 1.807) is 12.1 Å². The molecule has 0 spiro atoms. The maximum absolute atomic E-state index is 10.8. The highest BCUT2D eigenvalue weighted by Gasteiger charge is 2.08. The summed E-state index contributed by atoms with van der Waals surface area (Å²) < 4.78 is 5.33. The van der Waals surface area contributed by atoms with E-state index in [2.05, 4.69) is 10.2 Å². The summed E-state index contributed by atoms with van der Waals surface area (Å²) in [5.41, 5.74) is 0.320. The summed E-state index contributed by atoms with van der Waals surface area (Å²) in [6, 6.07) is 9.27. The minimum absolute atomic E-state index is 0.0440. The van der Waals surface area contributed by atoms with Crippen LogP contribution in [-0.2, 0) is 0 Å². The molecule has 88 valence electrons. The molecule has 18 heavy (non-hydrogen) atoms. The number of ether oxygens (including phenoxy) is 1. The molecule has 0 fully saturated rings. The lowest BCUT2D eigenvalue weighted by Crippen LogP contribution is -1.97. The van der Waals surface area contributed by atoms with Crippen molar-refractivity contribution in [3.63, 3.8) is 0 Å². The number of carbonyl (C=O) groups is 1. The lowest BCUT2D eigenvalue weighted by Gasteiger charge is -2.05. The maximum atomic E-state index is 10.8. The summed E-state index contributed by atoms with van der Waals surface area (Å²) in [5.74, 6) is -0.727. The van der Waals surface area contributed by atoms with Crippen molar-refractivity contribution >= 4 is 5.97 Å². The fraction of sp³-hybridized carbons (Fsp3) is 0. The Morgan fingerprint density at radius 2 is 2.22 bits per heavy atom. The predicted molar refractivity (Wildman–Crippen MR) is 60.2 cm³/mol. The Morgan fingerprint density at radius 1 is 1.39 bits per heavy atom. The molecule has 1 heterocycles. The van der Waals surface area contributed by atoms with Gasteiger partial charge in [0, 0.05) is 0 Å². The normalized spacial score (nSPS) is 9.50. The summed E-state index contributed by atoms with van der Waals surface area (Å²) in [4.78, 5) is 10.8. The molecule has 0 aliphatic carbocycles. The number of hydrogen-bond acceptors (Lipinski definition) is 5. The first-order chi connectivity index (χ1) is 8.70. The first-order valence-corrected chi connectivity index (χ1v) is 4.93. The first-order valence-electron chi connectivity index (χ1n) is 4.93. The molecule has 0 bridgehead atoms. The third kappa shape index (κ3) is 2.41. The van der Waals surface area contributed by atoms with E-state index >= 15 is 0 Å². The van der Waals surface area contributed by atoms with Crippen LogP contribution in [0.1, 0.15) is 15.9 Å².